The van der Waals surface area contributed by atoms with Crippen LogP contribution in [-0.2, 0) is 12.8 Å². The highest BCUT2D eigenvalue weighted by Crippen LogP contribution is 2.33. The highest BCUT2D eigenvalue weighted by Gasteiger charge is 2.13. The smallest absolute Gasteiger partial charge is 0.000442 e. The normalized spacial score (nSPS) is 14.0. The Balaban J connectivity index is 0.000000149. The summed E-state index contributed by atoms with van der Waals surface area (Å²) in [5.74, 6) is 0. The summed E-state index contributed by atoms with van der Waals surface area (Å²) < 4.78 is 0. The predicted octanol–water partition coefficient (Wildman–Crippen LogP) is 7.79. The summed E-state index contributed by atoms with van der Waals surface area (Å²) in [5.41, 5.74) is 3.17. The summed E-state index contributed by atoms with van der Waals surface area (Å²) >= 11 is 1.71. The van der Waals surface area contributed by atoms with E-state index in [-0.39, 0.29) is 0 Å². The molecule has 150 valence electrons. The van der Waals surface area contributed by atoms with E-state index < -0.39 is 0 Å². The van der Waals surface area contributed by atoms with Crippen molar-refractivity contribution in [2.75, 3.05) is 0 Å². The Bertz CT molecular complexity index is 1130. The van der Waals surface area contributed by atoms with Gasteiger partial charge in [0.15, 0.2) is 0 Å². The van der Waals surface area contributed by atoms with Gasteiger partial charge in [-0.2, -0.15) is 11.3 Å². The maximum absolute atomic E-state index is 2.92. The molecule has 0 bridgehead atoms. The van der Waals surface area contributed by atoms with E-state index in [9.17, 15) is 0 Å². The van der Waals surface area contributed by atoms with Crippen LogP contribution in [0.25, 0.3) is 21.5 Å². The van der Waals surface area contributed by atoms with Crippen molar-refractivity contribution in [3.63, 3.8) is 0 Å². The number of fused-ring (bicyclic) bond motifs is 5. The number of hydrogen-bond donors (Lipinski definition) is 1. The molecular weight excluding hydrogens is 382 g/mol. The first-order chi connectivity index (χ1) is 14.9. The highest BCUT2D eigenvalue weighted by atomic mass is 32.1. The van der Waals surface area contributed by atoms with Crippen molar-refractivity contribution in [1.29, 1.82) is 0 Å². The van der Waals surface area contributed by atoms with Gasteiger partial charge in [0.05, 0.1) is 0 Å². The lowest BCUT2D eigenvalue weighted by Gasteiger charge is -2.18. The Morgan fingerprint density at radius 2 is 1.33 bits per heavy atom. The van der Waals surface area contributed by atoms with Gasteiger partial charge in [-0.25, -0.2) is 0 Å². The van der Waals surface area contributed by atoms with E-state index in [0.717, 1.165) is 0 Å². The number of aryl methyl sites for hydroxylation is 2. The lowest BCUT2D eigenvalue weighted by atomic mass is 9.86. The lowest BCUT2D eigenvalue weighted by Crippen LogP contribution is -2.02. The van der Waals surface area contributed by atoms with Gasteiger partial charge in [-0.05, 0) is 81.3 Å². The molecule has 2 heteroatoms. The standard InChI is InChI=1S/C18H16.C6H7N.C4H4S/c1-3-7-15-13(5-1)9-11-18-16-8-4-2-6-14(16)10-12-17(15)18;1-2-4-6-7-5-3-1;1-2-4-5-3-1/h1,3,5,7,9-12H,2,4,6,8H2;1-7H;1-4H. The van der Waals surface area contributed by atoms with Gasteiger partial charge in [0, 0.05) is 12.4 Å². The maximum atomic E-state index is 2.92. The summed E-state index contributed by atoms with van der Waals surface area (Å²) in [7, 11) is 0. The van der Waals surface area contributed by atoms with Crippen LogP contribution in [0.2, 0.25) is 0 Å². The third kappa shape index (κ3) is 5.08. The molecule has 0 saturated heterocycles. The molecule has 1 aromatic heterocycles. The van der Waals surface area contributed by atoms with E-state index >= 15 is 0 Å². The van der Waals surface area contributed by atoms with Crippen LogP contribution in [0, 0.1) is 0 Å². The number of thiophene rings is 1. The molecule has 1 aliphatic carbocycles. The van der Waals surface area contributed by atoms with Crippen LogP contribution >= 0.6 is 11.3 Å². The quantitative estimate of drug-likeness (QED) is 0.292. The van der Waals surface area contributed by atoms with E-state index in [0.29, 0.717) is 0 Å². The van der Waals surface area contributed by atoms with Crippen molar-refractivity contribution in [1.82, 2.24) is 5.32 Å². The van der Waals surface area contributed by atoms with Gasteiger partial charge in [0.25, 0.3) is 0 Å². The zero-order valence-electron chi connectivity index (χ0n) is 17.1. The number of nitrogens with one attached hydrogen (secondary N) is 1. The van der Waals surface area contributed by atoms with Crippen LogP contribution in [0.5, 0.6) is 0 Å². The van der Waals surface area contributed by atoms with Crippen LogP contribution in [0.1, 0.15) is 24.0 Å². The first kappa shape index (κ1) is 20.2. The van der Waals surface area contributed by atoms with Crippen molar-refractivity contribution >= 4 is 32.9 Å². The molecule has 0 radical (unpaired) electrons. The second-order valence-corrected chi connectivity index (χ2v) is 8.17. The fourth-order valence-corrected chi connectivity index (χ4v) is 4.43. The molecule has 1 nitrogen and oxygen atoms in total. The van der Waals surface area contributed by atoms with Crippen LogP contribution < -0.4 is 5.32 Å². The highest BCUT2D eigenvalue weighted by molar-refractivity contribution is 7.07. The predicted molar refractivity (Wildman–Crippen MR) is 133 cm³/mol. The third-order valence-electron chi connectivity index (χ3n) is 5.40. The molecule has 0 unspecified atom stereocenters. The van der Waals surface area contributed by atoms with Crippen LogP contribution in [0.4, 0.5) is 0 Å². The molecule has 0 fully saturated rings. The molecule has 2 aliphatic rings. The van der Waals surface area contributed by atoms with Crippen molar-refractivity contribution in [3.05, 3.63) is 119 Å². The Morgan fingerprint density at radius 3 is 2.10 bits per heavy atom. The molecule has 6 rings (SSSR count). The second-order valence-electron chi connectivity index (χ2n) is 7.36. The number of rotatable bonds is 0. The molecular formula is C28H27NS. The Kier molecular flexibility index (Phi) is 7.14. The number of allylic oxidation sites excluding steroid dienone is 4. The first-order valence-electron chi connectivity index (χ1n) is 10.6. The largest absolute Gasteiger partial charge is 0.368 e. The van der Waals surface area contributed by atoms with Gasteiger partial charge in [-0.1, -0.05) is 72.8 Å². The topological polar surface area (TPSA) is 12.0 Å². The van der Waals surface area contributed by atoms with Crippen LogP contribution in [-0.4, -0.2) is 0 Å². The first-order valence-corrected chi connectivity index (χ1v) is 11.5. The van der Waals surface area contributed by atoms with E-state index in [1.54, 1.807) is 22.5 Å². The second kappa shape index (κ2) is 10.6. The summed E-state index contributed by atoms with van der Waals surface area (Å²) in [6, 6.07) is 22.0. The fourth-order valence-electron chi connectivity index (χ4n) is 3.98. The van der Waals surface area contributed by atoms with Gasteiger partial charge < -0.3 is 5.32 Å². The minimum absolute atomic E-state index is 1.25. The minimum Gasteiger partial charge on any atom is -0.368 e. The van der Waals surface area contributed by atoms with Gasteiger partial charge in [-0.3, -0.25) is 0 Å². The van der Waals surface area contributed by atoms with Crippen LogP contribution in [0.15, 0.2) is 108 Å². The van der Waals surface area contributed by atoms with Gasteiger partial charge in [0.2, 0.25) is 0 Å². The van der Waals surface area contributed by atoms with Crippen molar-refractivity contribution in [2.24, 2.45) is 0 Å². The molecule has 3 aromatic carbocycles. The molecule has 4 aromatic rings. The van der Waals surface area contributed by atoms with E-state index in [2.05, 4.69) is 53.8 Å². The molecule has 0 spiro atoms. The van der Waals surface area contributed by atoms with Crippen molar-refractivity contribution in [2.45, 2.75) is 25.7 Å². The van der Waals surface area contributed by atoms with Crippen molar-refractivity contribution < 1.29 is 0 Å². The average molecular weight is 410 g/mol. The summed E-state index contributed by atoms with van der Waals surface area (Å²) in [6.45, 7) is 0. The van der Waals surface area contributed by atoms with E-state index in [4.69, 9.17) is 0 Å². The number of benzene rings is 3. The fraction of sp³-hybridized carbons (Fsp3) is 0.143. The molecule has 0 amide bonds. The molecule has 1 N–H and O–H groups in total. The molecule has 0 atom stereocenters. The van der Waals surface area contributed by atoms with E-state index in [1.807, 2.05) is 59.6 Å². The monoisotopic (exact) mass is 409 g/mol. The maximum Gasteiger partial charge on any atom is 0.000442 e. The molecule has 30 heavy (non-hydrogen) atoms. The summed E-state index contributed by atoms with van der Waals surface area (Å²) in [5, 5.41) is 12.6. The van der Waals surface area contributed by atoms with Gasteiger partial charge in [-0.15, -0.1) is 0 Å². The summed E-state index contributed by atoms with van der Waals surface area (Å²) in [4.78, 5) is 0. The third-order valence-corrected chi connectivity index (χ3v) is 6.03. The van der Waals surface area contributed by atoms with Crippen LogP contribution in [0.3, 0.4) is 0 Å². The Morgan fingerprint density at radius 1 is 0.600 bits per heavy atom. The van der Waals surface area contributed by atoms with E-state index in [1.165, 1.54) is 47.2 Å². The molecule has 0 saturated carbocycles. The average Bonchev–Trinajstić information content (AvgIpc) is 3.27. The minimum atomic E-state index is 1.25. The zero-order chi connectivity index (χ0) is 20.4. The van der Waals surface area contributed by atoms with Gasteiger partial charge in [0.1, 0.15) is 0 Å². The molecule has 2 heterocycles. The Hall–Kier alpha value is -3.10. The van der Waals surface area contributed by atoms with Gasteiger partial charge >= 0.3 is 0 Å². The zero-order valence-corrected chi connectivity index (χ0v) is 17.9. The molecule has 1 aliphatic heterocycles. The Labute approximate surface area is 183 Å². The SMILES string of the molecule is C1=CC=CNC=C1.c1ccc2c(c1)ccc1c3c(ccc12)CCCC3.c1ccsc1. The van der Waals surface area contributed by atoms with Crippen molar-refractivity contribution in [3.8, 4) is 0 Å². The lowest BCUT2D eigenvalue weighted by molar-refractivity contribution is 0.690. The number of hydrogen-bond acceptors (Lipinski definition) is 2. The summed E-state index contributed by atoms with van der Waals surface area (Å²) in [6.07, 6.45) is 16.8.